The molecule has 154 valence electrons. The minimum absolute atomic E-state index is 0.0664. The first-order chi connectivity index (χ1) is 14.6. The molecule has 0 atom stereocenters. The van der Waals surface area contributed by atoms with E-state index in [-0.39, 0.29) is 12.0 Å². The van der Waals surface area contributed by atoms with E-state index in [2.05, 4.69) is 34.5 Å². The quantitative estimate of drug-likeness (QED) is 0.609. The Labute approximate surface area is 178 Å². The van der Waals surface area contributed by atoms with Gasteiger partial charge >= 0.3 is 0 Å². The Morgan fingerprint density at radius 2 is 1.80 bits per heavy atom. The number of nitrogens with one attached hydrogen (secondary N) is 1. The molecule has 4 nitrogen and oxygen atoms in total. The van der Waals surface area contributed by atoms with Gasteiger partial charge in [-0.3, -0.25) is 4.79 Å². The van der Waals surface area contributed by atoms with Crippen molar-refractivity contribution in [3.63, 3.8) is 0 Å². The van der Waals surface area contributed by atoms with Crippen LogP contribution < -0.4 is 15.0 Å². The van der Waals surface area contributed by atoms with Crippen molar-refractivity contribution in [2.45, 2.75) is 39.5 Å². The molecule has 0 saturated carbocycles. The molecule has 3 aromatic rings. The van der Waals surface area contributed by atoms with E-state index in [4.69, 9.17) is 4.74 Å². The summed E-state index contributed by atoms with van der Waals surface area (Å²) in [6.07, 6.45) is 1.22. The van der Waals surface area contributed by atoms with Gasteiger partial charge in [-0.1, -0.05) is 42.5 Å². The zero-order valence-electron chi connectivity index (χ0n) is 17.6. The summed E-state index contributed by atoms with van der Waals surface area (Å²) in [6.45, 7) is 6.38. The van der Waals surface area contributed by atoms with Gasteiger partial charge in [-0.2, -0.15) is 0 Å². The van der Waals surface area contributed by atoms with E-state index in [0.717, 1.165) is 30.8 Å². The van der Waals surface area contributed by atoms with Crippen LogP contribution in [0, 0.1) is 0 Å². The predicted octanol–water partition coefficient (Wildman–Crippen LogP) is 4.97. The second-order valence-corrected chi connectivity index (χ2v) is 7.99. The summed E-state index contributed by atoms with van der Waals surface area (Å²) in [5.74, 6) is 0.757. The average Bonchev–Trinajstić information content (AvgIpc) is 3.15. The summed E-state index contributed by atoms with van der Waals surface area (Å²) >= 11 is 0. The lowest BCUT2D eigenvalue weighted by Crippen LogP contribution is -2.23. The van der Waals surface area contributed by atoms with Gasteiger partial charge in [0.05, 0.1) is 6.10 Å². The van der Waals surface area contributed by atoms with Crippen LogP contribution in [-0.2, 0) is 19.5 Å². The predicted molar refractivity (Wildman–Crippen MR) is 121 cm³/mol. The van der Waals surface area contributed by atoms with Crippen molar-refractivity contribution in [3.05, 3.63) is 95.1 Å². The van der Waals surface area contributed by atoms with Crippen LogP contribution in [0.4, 0.5) is 5.69 Å². The van der Waals surface area contributed by atoms with Gasteiger partial charge in [0.2, 0.25) is 0 Å². The number of para-hydroxylation sites is 1. The van der Waals surface area contributed by atoms with Gasteiger partial charge in [0.1, 0.15) is 5.75 Å². The number of fused-ring (bicyclic) bond motifs is 1. The molecule has 0 radical (unpaired) electrons. The minimum Gasteiger partial charge on any atom is -0.491 e. The Balaban J connectivity index is 1.33. The number of hydrogen-bond donors (Lipinski definition) is 1. The monoisotopic (exact) mass is 400 g/mol. The molecule has 0 aromatic heterocycles. The van der Waals surface area contributed by atoms with Crippen molar-refractivity contribution in [2.24, 2.45) is 0 Å². The first-order valence-electron chi connectivity index (χ1n) is 10.5. The highest BCUT2D eigenvalue weighted by Crippen LogP contribution is 2.28. The smallest absolute Gasteiger partial charge is 0.251 e. The number of carbonyl (C=O) groups is 1. The zero-order valence-corrected chi connectivity index (χ0v) is 17.6. The Hall–Kier alpha value is -3.27. The van der Waals surface area contributed by atoms with E-state index in [1.165, 1.54) is 16.8 Å². The second-order valence-electron chi connectivity index (χ2n) is 7.99. The number of ether oxygens (including phenoxy) is 1. The van der Waals surface area contributed by atoms with Crippen molar-refractivity contribution >= 4 is 11.6 Å². The number of rotatable bonds is 7. The molecule has 4 heteroatoms. The lowest BCUT2D eigenvalue weighted by molar-refractivity contribution is 0.0951. The molecule has 1 heterocycles. The zero-order chi connectivity index (χ0) is 20.9. The fourth-order valence-electron chi connectivity index (χ4n) is 3.84. The summed E-state index contributed by atoms with van der Waals surface area (Å²) < 4.78 is 5.72. The Morgan fingerprint density at radius 1 is 1.00 bits per heavy atom. The number of carbonyl (C=O) groups excluding carboxylic acids is 1. The number of anilines is 1. The molecule has 3 aromatic carbocycles. The van der Waals surface area contributed by atoms with Gasteiger partial charge in [0.15, 0.2) is 0 Å². The number of nitrogens with zero attached hydrogens (tertiary/aromatic N) is 1. The third kappa shape index (κ3) is 4.82. The van der Waals surface area contributed by atoms with E-state index >= 15 is 0 Å². The van der Waals surface area contributed by atoms with Crippen molar-refractivity contribution in [1.82, 2.24) is 5.32 Å². The van der Waals surface area contributed by atoms with Crippen LogP contribution in [0.5, 0.6) is 5.75 Å². The van der Waals surface area contributed by atoms with E-state index in [0.29, 0.717) is 12.1 Å². The largest absolute Gasteiger partial charge is 0.491 e. The lowest BCUT2D eigenvalue weighted by Gasteiger charge is -2.19. The van der Waals surface area contributed by atoms with E-state index in [1.54, 1.807) is 0 Å². The van der Waals surface area contributed by atoms with Gasteiger partial charge in [0.25, 0.3) is 5.91 Å². The summed E-state index contributed by atoms with van der Waals surface area (Å²) in [7, 11) is 0. The number of amides is 1. The molecule has 0 unspecified atom stereocenters. The van der Waals surface area contributed by atoms with Crippen LogP contribution in [0.1, 0.15) is 40.9 Å². The maximum atomic E-state index is 12.5. The molecule has 30 heavy (non-hydrogen) atoms. The van der Waals surface area contributed by atoms with Crippen molar-refractivity contribution in [1.29, 1.82) is 0 Å². The first-order valence-corrected chi connectivity index (χ1v) is 10.5. The van der Waals surface area contributed by atoms with Crippen molar-refractivity contribution in [2.75, 3.05) is 11.4 Å². The van der Waals surface area contributed by atoms with Gasteiger partial charge < -0.3 is 15.0 Å². The molecule has 1 N–H and O–H groups in total. The standard InChI is InChI=1S/C26H28N2O2/c1-19(2)30-24-8-5-6-21(16-24)17-27-26(29)23-12-10-20(11-13-23)18-28-15-14-22-7-3-4-9-25(22)28/h3-13,16,19H,14-15,17-18H2,1-2H3,(H,27,29). The third-order valence-electron chi connectivity index (χ3n) is 5.30. The maximum Gasteiger partial charge on any atom is 0.251 e. The fourth-order valence-corrected chi connectivity index (χ4v) is 3.84. The molecule has 0 aliphatic carbocycles. The van der Waals surface area contributed by atoms with Gasteiger partial charge in [0, 0.05) is 30.9 Å². The lowest BCUT2D eigenvalue weighted by atomic mass is 10.1. The Morgan fingerprint density at radius 3 is 2.60 bits per heavy atom. The fraction of sp³-hybridized carbons (Fsp3) is 0.269. The normalized spacial score (nSPS) is 12.7. The molecular formula is C26H28N2O2. The van der Waals surface area contributed by atoms with E-state index < -0.39 is 0 Å². The SMILES string of the molecule is CC(C)Oc1cccc(CNC(=O)c2ccc(CN3CCc4ccccc43)cc2)c1. The molecule has 1 amide bonds. The highest BCUT2D eigenvalue weighted by atomic mass is 16.5. The van der Waals surface area contributed by atoms with Gasteiger partial charge in [-0.05, 0) is 67.3 Å². The maximum absolute atomic E-state index is 12.5. The van der Waals surface area contributed by atoms with Crippen LogP contribution in [0.2, 0.25) is 0 Å². The highest BCUT2D eigenvalue weighted by Gasteiger charge is 2.18. The van der Waals surface area contributed by atoms with Crippen molar-refractivity contribution < 1.29 is 9.53 Å². The summed E-state index contributed by atoms with van der Waals surface area (Å²) in [4.78, 5) is 14.9. The average molecular weight is 401 g/mol. The Kier molecular flexibility index (Phi) is 6.03. The number of hydrogen-bond acceptors (Lipinski definition) is 3. The topological polar surface area (TPSA) is 41.6 Å². The molecule has 1 aliphatic heterocycles. The third-order valence-corrected chi connectivity index (χ3v) is 5.30. The molecule has 4 rings (SSSR count). The van der Waals surface area contributed by atoms with Crippen LogP contribution in [0.15, 0.2) is 72.8 Å². The molecular weight excluding hydrogens is 372 g/mol. The summed E-state index contributed by atoms with van der Waals surface area (Å²) in [6, 6.07) is 24.3. The van der Waals surface area contributed by atoms with Crippen LogP contribution >= 0.6 is 0 Å². The first kappa shape index (κ1) is 20.0. The summed E-state index contributed by atoms with van der Waals surface area (Å²) in [5, 5.41) is 3.00. The van der Waals surface area contributed by atoms with Crippen molar-refractivity contribution in [3.8, 4) is 5.75 Å². The highest BCUT2D eigenvalue weighted by molar-refractivity contribution is 5.94. The van der Waals surface area contributed by atoms with Gasteiger partial charge in [-0.15, -0.1) is 0 Å². The van der Waals surface area contributed by atoms with E-state index in [1.807, 2.05) is 62.4 Å². The van der Waals surface area contributed by atoms with Gasteiger partial charge in [-0.25, -0.2) is 0 Å². The van der Waals surface area contributed by atoms with Crippen LogP contribution in [-0.4, -0.2) is 18.6 Å². The Bertz CT molecular complexity index is 1010. The molecule has 0 saturated heterocycles. The minimum atomic E-state index is -0.0664. The second kappa shape index (κ2) is 9.04. The van der Waals surface area contributed by atoms with Crippen LogP contribution in [0.25, 0.3) is 0 Å². The molecule has 1 aliphatic rings. The molecule has 0 fully saturated rings. The number of benzene rings is 3. The molecule has 0 bridgehead atoms. The molecule has 0 spiro atoms. The van der Waals surface area contributed by atoms with Crippen LogP contribution in [0.3, 0.4) is 0 Å². The summed E-state index contributed by atoms with van der Waals surface area (Å²) in [5.41, 5.74) is 5.64. The van der Waals surface area contributed by atoms with E-state index in [9.17, 15) is 4.79 Å².